The van der Waals surface area contributed by atoms with Gasteiger partial charge in [0.05, 0.1) is 11.4 Å². The standard InChI is InChI=1S/C12H16N2/c1-3-10-6-7-11-12(14-9(10)2)5-4-8-13-11/h4-10,14H,3H2,1-2H3. The van der Waals surface area contributed by atoms with E-state index in [1.165, 1.54) is 6.42 Å². The van der Waals surface area contributed by atoms with E-state index in [4.69, 9.17) is 0 Å². The van der Waals surface area contributed by atoms with E-state index in [0.29, 0.717) is 12.0 Å². The van der Waals surface area contributed by atoms with Crippen molar-refractivity contribution in [2.24, 2.45) is 5.92 Å². The lowest BCUT2D eigenvalue weighted by atomic mass is 9.98. The molecule has 2 nitrogen and oxygen atoms in total. The number of aromatic nitrogens is 1. The van der Waals surface area contributed by atoms with Gasteiger partial charge in [-0.15, -0.1) is 0 Å². The van der Waals surface area contributed by atoms with Crippen LogP contribution in [0.1, 0.15) is 26.0 Å². The Balaban J connectivity index is 2.34. The van der Waals surface area contributed by atoms with Crippen molar-refractivity contribution in [3.8, 4) is 0 Å². The second-order valence-corrected chi connectivity index (χ2v) is 3.80. The minimum atomic E-state index is 0.488. The minimum absolute atomic E-state index is 0.488. The Hall–Kier alpha value is -1.31. The van der Waals surface area contributed by atoms with Crippen molar-refractivity contribution in [2.75, 3.05) is 5.32 Å². The van der Waals surface area contributed by atoms with Crippen LogP contribution in [0.4, 0.5) is 5.69 Å². The van der Waals surface area contributed by atoms with Crippen LogP contribution in [0.2, 0.25) is 0 Å². The second-order valence-electron chi connectivity index (χ2n) is 3.80. The second kappa shape index (κ2) is 3.82. The van der Waals surface area contributed by atoms with Crippen molar-refractivity contribution >= 4 is 11.8 Å². The minimum Gasteiger partial charge on any atom is -0.380 e. The zero-order valence-corrected chi connectivity index (χ0v) is 8.70. The molecule has 0 fully saturated rings. The molecule has 1 aromatic heterocycles. The summed E-state index contributed by atoms with van der Waals surface area (Å²) in [6, 6.07) is 4.54. The third kappa shape index (κ3) is 1.65. The summed E-state index contributed by atoms with van der Waals surface area (Å²) in [5, 5.41) is 3.50. The van der Waals surface area contributed by atoms with E-state index in [0.717, 1.165) is 11.4 Å². The molecule has 0 aliphatic carbocycles. The SMILES string of the molecule is CCC1C=Cc2ncccc2NC1C. The summed E-state index contributed by atoms with van der Waals surface area (Å²) in [4.78, 5) is 4.33. The Morgan fingerprint density at radius 1 is 1.50 bits per heavy atom. The van der Waals surface area contributed by atoms with E-state index in [1.54, 1.807) is 0 Å². The molecule has 2 heterocycles. The van der Waals surface area contributed by atoms with Crippen LogP contribution in [0.25, 0.3) is 6.08 Å². The molecule has 2 rings (SSSR count). The monoisotopic (exact) mass is 188 g/mol. The molecule has 0 bridgehead atoms. The van der Waals surface area contributed by atoms with E-state index in [-0.39, 0.29) is 0 Å². The maximum Gasteiger partial charge on any atom is 0.0857 e. The number of rotatable bonds is 1. The highest BCUT2D eigenvalue weighted by Crippen LogP contribution is 2.24. The summed E-state index contributed by atoms with van der Waals surface area (Å²) in [6.45, 7) is 4.44. The molecule has 74 valence electrons. The summed E-state index contributed by atoms with van der Waals surface area (Å²) in [7, 11) is 0. The van der Waals surface area contributed by atoms with Crippen molar-refractivity contribution in [1.82, 2.24) is 4.98 Å². The lowest BCUT2D eigenvalue weighted by Gasteiger charge is -2.19. The third-order valence-electron chi connectivity index (χ3n) is 2.84. The van der Waals surface area contributed by atoms with Crippen LogP contribution in [0.15, 0.2) is 24.4 Å². The molecule has 2 heteroatoms. The summed E-state index contributed by atoms with van der Waals surface area (Å²) in [5.41, 5.74) is 2.20. The quantitative estimate of drug-likeness (QED) is 0.733. The van der Waals surface area contributed by atoms with Gasteiger partial charge in [0.25, 0.3) is 0 Å². The first-order valence-corrected chi connectivity index (χ1v) is 5.21. The van der Waals surface area contributed by atoms with Gasteiger partial charge in [-0.1, -0.05) is 13.0 Å². The molecule has 0 saturated heterocycles. The molecule has 1 aromatic rings. The predicted octanol–water partition coefficient (Wildman–Crippen LogP) is 2.94. The van der Waals surface area contributed by atoms with Crippen LogP contribution in [0.5, 0.6) is 0 Å². The Morgan fingerprint density at radius 3 is 3.14 bits per heavy atom. The number of anilines is 1. The zero-order chi connectivity index (χ0) is 9.97. The zero-order valence-electron chi connectivity index (χ0n) is 8.70. The van der Waals surface area contributed by atoms with Gasteiger partial charge in [-0.3, -0.25) is 4.98 Å². The molecule has 0 spiro atoms. The van der Waals surface area contributed by atoms with Crippen LogP contribution in [0.3, 0.4) is 0 Å². The van der Waals surface area contributed by atoms with Gasteiger partial charge in [-0.25, -0.2) is 0 Å². The lowest BCUT2D eigenvalue weighted by Crippen LogP contribution is -2.23. The number of hydrogen-bond donors (Lipinski definition) is 1. The fourth-order valence-corrected chi connectivity index (χ4v) is 1.90. The number of fused-ring (bicyclic) bond motifs is 1. The summed E-state index contributed by atoms with van der Waals surface area (Å²) in [6.07, 6.45) is 7.39. The maximum absolute atomic E-state index is 4.33. The smallest absolute Gasteiger partial charge is 0.0857 e. The van der Waals surface area contributed by atoms with Crippen LogP contribution >= 0.6 is 0 Å². The molecule has 1 N–H and O–H groups in total. The molecule has 0 saturated carbocycles. The van der Waals surface area contributed by atoms with Crippen molar-refractivity contribution in [1.29, 1.82) is 0 Å². The number of pyridine rings is 1. The number of hydrogen-bond acceptors (Lipinski definition) is 2. The number of nitrogens with zero attached hydrogens (tertiary/aromatic N) is 1. The first-order chi connectivity index (χ1) is 6.81. The Bertz CT molecular complexity index is 344. The fourth-order valence-electron chi connectivity index (χ4n) is 1.90. The van der Waals surface area contributed by atoms with Crippen molar-refractivity contribution in [2.45, 2.75) is 26.3 Å². The lowest BCUT2D eigenvalue weighted by molar-refractivity contribution is 0.552. The van der Waals surface area contributed by atoms with E-state index in [1.807, 2.05) is 12.3 Å². The average Bonchev–Trinajstić information content (AvgIpc) is 2.36. The molecular weight excluding hydrogens is 172 g/mol. The van der Waals surface area contributed by atoms with Crippen molar-refractivity contribution in [3.05, 3.63) is 30.1 Å². The molecule has 2 atom stereocenters. The highest BCUT2D eigenvalue weighted by atomic mass is 14.9. The molecule has 1 aliphatic heterocycles. The summed E-state index contributed by atoms with van der Waals surface area (Å²) in [5.74, 6) is 0.601. The van der Waals surface area contributed by atoms with Gasteiger partial charge in [-0.05, 0) is 37.5 Å². The summed E-state index contributed by atoms with van der Waals surface area (Å²) < 4.78 is 0. The molecule has 0 radical (unpaired) electrons. The van der Waals surface area contributed by atoms with E-state index >= 15 is 0 Å². The van der Waals surface area contributed by atoms with E-state index < -0.39 is 0 Å². The normalized spacial score (nSPS) is 25.0. The Labute approximate surface area is 85.1 Å². The van der Waals surface area contributed by atoms with Gasteiger partial charge in [-0.2, -0.15) is 0 Å². The Morgan fingerprint density at radius 2 is 2.36 bits per heavy atom. The molecule has 14 heavy (non-hydrogen) atoms. The van der Waals surface area contributed by atoms with Gasteiger partial charge >= 0.3 is 0 Å². The maximum atomic E-state index is 4.33. The molecule has 1 aliphatic rings. The topological polar surface area (TPSA) is 24.9 Å². The first kappa shape index (κ1) is 9.25. The van der Waals surface area contributed by atoms with E-state index in [2.05, 4.69) is 42.4 Å². The first-order valence-electron chi connectivity index (χ1n) is 5.21. The largest absolute Gasteiger partial charge is 0.380 e. The molecular formula is C12H16N2. The van der Waals surface area contributed by atoms with Crippen LogP contribution in [-0.2, 0) is 0 Å². The predicted molar refractivity (Wildman–Crippen MR) is 60.1 cm³/mol. The molecule has 2 unspecified atom stereocenters. The molecule has 0 amide bonds. The van der Waals surface area contributed by atoms with Crippen LogP contribution in [0, 0.1) is 5.92 Å². The summed E-state index contributed by atoms with van der Waals surface area (Å²) >= 11 is 0. The third-order valence-corrected chi connectivity index (χ3v) is 2.84. The van der Waals surface area contributed by atoms with Crippen LogP contribution in [-0.4, -0.2) is 11.0 Å². The van der Waals surface area contributed by atoms with Gasteiger partial charge < -0.3 is 5.32 Å². The van der Waals surface area contributed by atoms with Gasteiger partial charge in [0, 0.05) is 12.2 Å². The Kier molecular flexibility index (Phi) is 2.53. The fraction of sp³-hybridized carbons (Fsp3) is 0.417. The van der Waals surface area contributed by atoms with E-state index in [9.17, 15) is 0 Å². The van der Waals surface area contributed by atoms with Crippen molar-refractivity contribution in [3.63, 3.8) is 0 Å². The highest BCUT2D eigenvalue weighted by molar-refractivity contribution is 5.64. The van der Waals surface area contributed by atoms with Gasteiger partial charge in [0.2, 0.25) is 0 Å². The average molecular weight is 188 g/mol. The van der Waals surface area contributed by atoms with Crippen molar-refractivity contribution < 1.29 is 0 Å². The van der Waals surface area contributed by atoms with Crippen LogP contribution < -0.4 is 5.32 Å². The van der Waals surface area contributed by atoms with Gasteiger partial charge in [0.15, 0.2) is 0 Å². The van der Waals surface area contributed by atoms with Gasteiger partial charge in [0.1, 0.15) is 0 Å². The number of nitrogens with one attached hydrogen (secondary N) is 1. The molecule has 0 aromatic carbocycles. The highest BCUT2D eigenvalue weighted by Gasteiger charge is 2.16.